The van der Waals surface area contributed by atoms with Crippen molar-refractivity contribution < 1.29 is 4.79 Å². The van der Waals surface area contributed by atoms with E-state index in [4.69, 9.17) is 0 Å². The van der Waals surface area contributed by atoms with Gasteiger partial charge in [-0.05, 0) is 25.3 Å². The highest BCUT2D eigenvalue weighted by molar-refractivity contribution is 5.85. The molecule has 7 heteroatoms. The summed E-state index contributed by atoms with van der Waals surface area (Å²) in [5, 5.41) is 6.15. The minimum Gasteiger partial charge on any atom is -0.348 e. The first-order valence-electron chi connectivity index (χ1n) is 6.68. The van der Waals surface area contributed by atoms with Crippen LogP contribution in [0.5, 0.6) is 0 Å². The number of nitrogens with zero attached hydrogens (tertiary/aromatic N) is 2. The standard InChI is InChI=1S/C13H22N4O.2ClH/c1-10(2)9-17-7-6-15-12(17)8-16-13(18)11-4-3-5-14-11;;/h6-7,10-11,14H,3-5,8-9H2,1-2H3,(H,16,18);2*1H. The largest absolute Gasteiger partial charge is 0.348 e. The minimum atomic E-state index is -0.0153. The van der Waals surface area contributed by atoms with Gasteiger partial charge in [0.15, 0.2) is 0 Å². The molecule has 1 amide bonds. The quantitative estimate of drug-likeness (QED) is 0.868. The highest BCUT2D eigenvalue weighted by Gasteiger charge is 2.21. The monoisotopic (exact) mass is 322 g/mol. The van der Waals surface area contributed by atoms with Gasteiger partial charge in [0, 0.05) is 18.9 Å². The maximum atomic E-state index is 11.9. The number of carbonyl (C=O) groups is 1. The summed E-state index contributed by atoms with van der Waals surface area (Å²) >= 11 is 0. The van der Waals surface area contributed by atoms with Gasteiger partial charge in [-0.2, -0.15) is 0 Å². The van der Waals surface area contributed by atoms with Crippen molar-refractivity contribution in [2.24, 2.45) is 5.92 Å². The van der Waals surface area contributed by atoms with Crippen molar-refractivity contribution in [3.05, 3.63) is 18.2 Å². The molecule has 0 aromatic carbocycles. The van der Waals surface area contributed by atoms with E-state index >= 15 is 0 Å². The lowest BCUT2D eigenvalue weighted by Gasteiger charge is -2.13. The van der Waals surface area contributed by atoms with E-state index in [1.165, 1.54) is 0 Å². The van der Waals surface area contributed by atoms with Crippen LogP contribution in [0.3, 0.4) is 0 Å². The Balaban J connectivity index is 0.00000180. The minimum absolute atomic E-state index is 0. The lowest BCUT2D eigenvalue weighted by Crippen LogP contribution is -2.40. The summed E-state index contributed by atoms with van der Waals surface area (Å²) < 4.78 is 2.10. The first-order chi connectivity index (χ1) is 8.66. The summed E-state index contributed by atoms with van der Waals surface area (Å²) in [6.07, 6.45) is 5.78. The molecular weight excluding hydrogens is 299 g/mol. The van der Waals surface area contributed by atoms with E-state index in [0.29, 0.717) is 12.5 Å². The Kier molecular flexibility index (Phi) is 8.85. The van der Waals surface area contributed by atoms with E-state index in [2.05, 4.69) is 34.0 Å². The average molecular weight is 323 g/mol. The van der Waals surface area contributed by atoms with Crippen LogP contribution in [0, 0.1) is 5.92 Å². The molecule has 2 heterocycles. The number of hydrogen-bond donors (Lipinski definition) is 2. The fourth-order valence-electron chi connectivity index (χ4n) is 2.26. The molecule has 1 aromatic rings. The number of nitrogens with one attached hydrogen (secondary N) is 2. The molecular formula is C13H24Cl2N4O. The zero-order chi connectivity index (χ0) is 13.0. The molecule has 0 bridgehead atoms. The van der Waals surface area contributed by atoms with Gasteiger partial charge in [0.25, 0.3) is 0 Å². The van der Waals surface area contributed by atoms with Crippen molar-refractivity contribution in [1.29, 1.82) is 0 Å². The zero-order valence-electron chi connectivity index (χ0n) is 12.0. The maximum absolute atomic E-state index is 11.9. The second kappa shape index (κ2) is 9.21. The van der Waals surface area contributed by atoms with Gasteiger partial charge in [-0.3, -0.25) is 4.79 Å². The second-order valence-electron chi connectivity index (χ2n) is 5.26. The summed E-state index contributed by atoms with van der Waals surface area (Å²) in [4.78, 5) is 16.2. The van der Waals surface area contributed by atoms with Crippen molar-refractivity contribution in [3.63, 3.8) is 0 Å². The molecule has 1 fully saturated rings. The van der Waals surface area contributed by atoms with Gasteiger partial charge in [-0.25, -0.2) is 4.98 Å². The molecule has 2 rings (SSSR count). The molecule has 0 aliphatic carbocycles. The van der Waals surface area contributed by atoms with Crippen LogP contribution < -0.4 is 10.6 Å². The molecule has 1 aromatic heterocycles. The van der Waals surface area contributed by atoms with Gasteiger partial charge in [0.2, 0.25) is 5.91 Å². The van der Waals surface area contributed by atoms with E-state index < -0.39 is 0 Å². The number of imidazole rings is 1. The Labute approximate surface area is 132 Å². The average Bonchev–Trinajstić information content (AvgIpc) is 2.95. The van der Waals surface area contributed by atoms with Gasteiger partial charge < -0.3 is 15.2 Å². The van der Waals surface area contributed by atoms with Gasteiger partial charge in [0.05, 0.1) is 12.6 Å². The van der Waals surface area contributed by atoms with E-state index in [1.807, 2.05) is 6.20 Å². The molecule has 5 nitrogen and oxygen atoms in total. The third-order valence-corrected chi connectivity index (χ3v) is 3.16. The van der Waals surface area contributed by atoms with Crippen molar-refractivity contribution in [2.75, 3.05) is 6.54 Å². The summed E-state index contributed by atoms with van der Waals surface area (Å²) in [5.74, 6) is 1.59. The van der Waals surface area contributed by atoms with E-state index in [9.17, 15) is 4.79 Å². The molecule has 1 aliphatic rings. The summed E-state index contributed by atoms with van der Waals surface area (Å²) in [6.45, 7) is 6.74. The Morgan fingerprint density at radius 3 is 2.90 bits per heavy atom. The molecule has 0 saturated carbocycles. The highest BCUT2D eigenvalue weighted by atomic mass is 35.5. The first-order valence-corrected chi connectivity index (χ1v) is 6.68. The molecule has 116 valence electrons. The van der Waals surface area contributed by atoms with Gasteiger partial charge in [-0.15, -0.1) is 24.8 Å². The zero-order valence-corrected chi connectivity index (χ0v) is 13.6. The van der Waals surface area contributed by atoms with E-state index in [-0.39, 0.29) is 36.8 Å². The third-order valence-electron chi connectivity index (χ3n) is 3.16. The normalized spacial score (nSPS) is 17.4. The Bertz CT molecular complexity index is 403. The molecule has 1 unspecified atom stereocenters. The Morgan fingerprint density at radius 2 is 2.30 bits per heavy atom. The van der Waals surface area contributed by atoms with E-state index in [0.717, 1.165) is 31.8 Å². The van der Waals surface area contributed by atoms with Crippen LogP contribution in [0.15, 0.2) is 12.4 Å². The molecule has 0 radical (unpaired) electrons. The maximum Gasteiger partial charge on any atom is 0.237 e. The van der Waals surface area contributed by atoms with Crippen molar-refractivity contribution in [3.8, 4) is 0 Å². The molecule has 20 heavy (non-hydrogen) atoms. The number of carbonyl (C=O) groups excluding carboxylic acids is 1. The molecule has 1 aliphatic heterocycles. The van der Waals surface area contributed by atoms with Crippen LogP contribution in [-0.2, 0) is 17.9 Å². The van der Waals surface area contributed by atoms with Crippen LogP contribution in [0.25, 0.3) is 0 Å². The van der Waals surface area contributed by atoms with Crippen LogP contribution >= 0.6 is 24.8 Å². The number of rotatable bonds is 5. The van der Waals surface area contributed by atoms with Gasteiger partial charge in [-0.1, -0.05) is 13.8 Å². The van der Waals surface area contributed by atoms with Crippen molar-refractivity contribution in [1.82, 2.24) is 20.2 Å². The first kappa shape index (κ1) is 19.2. The van der Waals surface area contributed by atoms with Crippen LogP contribution in [0.1, 0.15) is 32.5 Å². The van der Waals surface area contributed by atoms with Crippen LogP contribution in [0.2, 0.25) is 0 Å². The summed E-state index contributed by atoms with van der Waals surface area (Å²) in [5.41, 5.74) is 0. The Morgan fingerprint density at radius 1 is 1.55 bits per heavy atom. The predicted octanol–water partition coefficient (Wildman–Crippen LogP) is 1.75. The van der Waals surface area contributed by atoms with Crippen molar-refractivity contribution in [2.45, 2.75) is 45.8 Å². The van der Waals surface area contributed by atoms with E-state index in [1.54, 1.807) is 6.20 Å². The Hall–Kier alpha value is -0.780. The predicted molar refractivity (Wildman–Crippen MR) is 84.4 cm³/mol. The number of amides is 1. The highest BCUT2D eigenvalue weighted by Crippen LogP contribution is 2.06. The number of aromatic nitrogens is 2. The molecule has 1 atom stereocenters. The second-order valence-corrected chi connectivity index (χ2v) is 5.26. The lowest BCUT2D eigenvalue weighted by atomic mass is 10.2. The smallest absolute Gasteiger partial charge is 0.237 e. The summed E-state index contributed by atoms with van der Waals surface area (Å²) in [6, 6.07) is -0.0153. The molecule has 0 spiro atoms. The van der Waals surface area contributed by atoms with Crippen molar-refractivity contribution >= 4 is 30.7 Å². The van der Waals surface area contributed by atoms with Gasteiger partial charge in [0.1, 0.15) is 5.82 Å². The fraction of sp³-hybridized carbons (Fsp3) is 0.692. The number of halogens is 2. The number of hydrogen-bond acceptors (Lipinski definition) is 3. The summed E-state index contributed by atoms with van der Waals surface area (Å²) in [7, 11) is 0. The molecule has 2 N–H and O–H groups in total. The van der Waals surface area contributed by atoms with Crippen LogP contribution in [0.4, 0.5) is 0 Å². The van der Waals surface area contributed by atoms with Crippen LogP contribution in [-0.4, -0.2) is 28.0 Å². The molecule has 1 saturated heterocycles. The fourth-order valence-corrected chi connectivity index (χ4v) is 2.26. The lowest BCUT2D eigenvalue weighted by molar-refractivity contribution is -0.123. The topological polar surface area (TPSA) is 59.0 Å². The third kappa shape index (κ3) is 5.31. The SMILES string of the molecule is CC(C)Cn1ccnc1CNC(=O)C1CCCN1.Cl.Cl. The van der Waals surface area contributed by atoms with Gasteiger partial charge >= 0.3 is 0 Å².